The van der Waals surface area contributed by atoms with Crippen LogP contribution in [-0.4, -0.2) is 31.8 Å². The first-order chi connectivity index (χ1) is 11.3. The van der Waals surface area contributed by atoms with Gasteiger partial charge in [-0.3, -0.25) is 4.79 Å². The highest BCUT2D eigenvalue weighted by molar-refractivity contribution is 7.85. The Morgan fingerprint density at radius 1 is 1.08 bits per heavy atom. The van der Waals surface area contributed by atoms with Gasteiger partial charge < -0.3 is 9.29 Å². The maximum absolute atomic E-state index is 12.6. The molecule has 0 unspecified atom stereocenters. The number of ether oxygens (including phenoxy) is 1. The van der Waals surface area contributed by atoms with E-state index in [0.717, 1.165) is 12.1 Å². The van der Waals surface area contributed by atoms with Crippen LogP contribution in [0.3, 0.4) is 0 Å². The van der Waals surface area contributed by atoms with Crippen molar-refractivity contribution in [3.63, 3.8) is 0 Å². The molecule has 0 aromatic heterocycles. The fourth-order valence-corrected chi connectivity index (χ4v) is 2.56. The predicted octanol–water partition coefficient (Wildman–Crippen LogP) is 2.25. The van der Waals surface area contributed by atoms with Gasteiger partial charge in [-0.2, -0.15) is 0 Å². The molecule has 7 heteroatoms. The number of esters is 1. The van der Waals surface area contributed by atoms with Crippen molar-refractivity contribution in [3.8, 4) is 0 Å². The van der Waals surface area contributed by atoms with Crippen LogP contribution in [0.25, 0.3) is 6.08 Å². The quantitative estimate of drug-likeness (QED) is 0.468. The number of hydrogen-bond acceptors (Lipinski definition) is 6. The van der Waals surface area contributed by atoms with Gasteiger partial charge in [-0.1, -0.05) is 18.7 Å². The Morgan fingerprint density at radius 3 is 2.21 bits per heavy atom. The van der Waals surface area contributed by atoms with E-state index in [1.807, 2.05) is 0 Å². The number of carbonyl (C=O) groups excluding carboxylic acids is 2. The largest absolute Gasteiger partial charge is 0.744 e. The van der Waals surface area contributed by atoms with Crippen molar-refractivity contribution in [3.05, 3.63) is 71.3 Å². The average Bonchev–Trinajstić information content (AvgIpc) is 2.59. The minimum atomic E-state index is -4.59. The van der Waals surface area contributed by atoms with Crippen LogP contribution in [0.4, 0.5) is 0 Å². The summed E-state index contributed by atoms with van der Waals surface area (Å²) in [6.45, 7) is 3.60. The number of rotatable bonds is 5. The fourth-order valence-electron chi connectivity index (χ4n) is 2.09. The monoisotopic (exact) mass is 345 g/mol. The van der Waals surface area contributed by atoms with E-state index in [4.69, 9.17) is 0 Å². The second-order valence-corrected chi connectivity index (χ2v) is 6.19. The van der Waals surface area contributed by atoms with Crippen LogP contribution in [0.1, 0.15) is 31.8 Å². The molecule has 0 radical (unpaired) electrons. The van der Waals surface area contributed by atoms with Crippen LogP contribution in [-0.2, 0) is 14.9 Å². The average molecular weight is 345 g/mol. The van der Waals surface area contributed by atoms with E-state index in [2.05, 4.69) is 11.3 Å². The lowest BCUT2D eigenvalue weighted by molar-refractivity contribution is 0.0597. The van der Waals surface area contributed by atoms with E-state index in [1.165, 1.54) is 37.5 Å². The summed E-state index contributed by atoms with van der Waals surface area (Å²) in [7, 11) is -3.39. The van der Waals surface area contributed by atoms with E-state index in [1.54, 1.807) is 6.07 Å². The normalized spacial score (nSPS) is 10.9. The van der Waals surface area contributed by atoms with Gasteiger partial charge in [0.2, 0.25) is 0 Å². The summed E-state index contributed by atoms with van der Waals surface area (Å²) in [6.07, 6.45) is 1.52. The highest BCUT2D eigenvalue weighted by Gasteiger charge is 2.19. The molecule has 2 aromatic carbocycles. The molecule has 0 N–H and O–H groups in total. The minimum absolute atomic E-state index is 0.0698. The SMILES string of the molecule is C=Cc1ccc(C(=O)c2ccc(S(=O)(=O)[O-])cc2)c(C(=O)OC)c1. The highest BCUT2D eigenvalue weighted by atomic mass is 32.2. The van der Waals surface area contributed by atoms with Gasteiger partial charge in [0.15, 0.2) is 5.78 Å². The van der Waals surface area contributed by atoms with Crippen LogP contribution in [0.5, 0.6) is 0 Å². The van der Waals surface area contributed by atoms with Gasteiger partial charge in [-0.25, -0.2) is 13.2 Å². The molecule has 124 valence electrons. The first-order valence-electron chi connectivity index (χ1n) is 6.73. The third-order valence-corrected chi connectivity index (χ3v) is 4.18. The van der Waals surface area contributed by atoms with Crippen molar-refractivity contribution in [2.24, 2.45) is 0 Å². The predicted molar refractivity (Wildman–Crippen MR) is 85.7 cm³/mol. The van der Waals surface area contributed by atoms with Crippen molar-refractivity contribution in [2.45, 2.75) is 4.90 Å². The lowest BCUT2D eigenvalue weighted by Gasteiger charge is -2.10. The van der Waals surface area contributed by atoms with E-state index in [9.17, 15) is 22.6 Å². The second-order valence-electron chi connectivity index (χ2n) is 4.81. The third-order valence-electron chi connectivity index (χ3n) is 3.33. The molecule has 0 spiro atoms. The molecule has 0 saturated carbocycles. The summed E-state index contributed by atoms with van der Waals surface area (Å²) in [5, 5.41) is 0. The first-order valence-corrected chi connectivity index (χ1v) is 8.14. The molecule has 0 aliphatic carbocycles. The first kappa shape index (κ1) is 17.6. The van der Waals surface area contributed by atoms with Crippen molar-refractivity contribution < 1.29 is 27.3 Å². The van der Waals surface area contributed by atoms with E-state index >= 15 is 0 Å². The lowest BCUT2D eigenvalue weighted by Crippen LogP contribution is -2.12. The van der Waals surface area contributed by atoms with Crippen LogP contribution >= 0.6 is 0 Å². The minimum Gasteiger partial charge on any atom is -0.744 e. The summed E-state index contributed by atoms with van der Waals surface area (Å²) < 4.78 is 37.5. The summed E-state index contributed by atoms with van der Waals surface area (Å²) in [5.74, 6) is -1.18. The number of carbonyl (C=O) groups is 2. The van der Waals surface area contributed by atoms with Gasteiger partial charge in [0.25, 0.3) is 0 Å². The summed E-state index contributed by atoms with van der Waals surface area (Å²) >= 11 is 0. The zero-order valence-electron chi connectivity index (χ0n) is 12.7. The molecule has 2 aromatic rings. The Kier molecular flexibility index (Phi) is 4.96. The van der Waals surface area contributed by atoms with Crippen molar-refractivity contribution in [2.75, 3.05) is 7.11 Å². The van der Waals surface area contributed by atoms with Gasteiger partial charge >= 0.3 is 5.97 Å². The fraction of sp³-hybridized carbons (Fsp3) is 0.0588. The summed E-state index contributed by atoms with van der Waals surface area (Å²) in [5.41, 5.74) is 0.948. The molecular weight excluding hydrogens is 332 g/mol. The number of hydrogen-bond donors (Lipinski definition) is 0. The van der Waals surface area contributed by atoms with E-state index in [-0.39, 0.29) is 16.7 Å². The van der Waals surface area contributed by atoms with Crippen molar-refractivity contribution >= 4 is 27.9 Å². The molecule has 0 atom stereocenters. The van der Waals surface area contributed by atoms with Crippen molar-refractivity contribution in [1.82, 2.24) is 0 Å². The van der Waals surface area contributed by atoms with E-state index in [0.29, 0.717) is 5.56 Å². The maximum Gasteiger partial charge on any atom is 0.338 e. The zero-order valence-corrected chi connectivity index (χ0v) is 13.5. The molecule has 0 heterocycles. The Morgan fingerprint density at radius 2 is 1.71 bits per heavy atom. The molecule has 0 fully saturated rings. The van der Waals surface area contributed by atoms with Crippen LogP contribution < -0.4 is 0 Å². The van der Waals surface area contributed by atoms with Gasteiger partial charge in [0, 0.05) is 11.1 Å². The Bertz CT molecular complexity index is 911. The van der Waals surface area contributed by atoms with Gasteiger partial charge in [-0.05, 0) is 42.0 Å². The molecular formula is C17H13O6S-. The Balaban J connectivity index is 2.49. The summed E-state index contributed by atoms with van der Waals surface area (Å²) in [6, 6.07) is 9.08. The number of benzene rings is 2. The standard InChI is InChI=1S/C17H14O6S/c1-3-11-4-9-14(15(10-11)17(19)23-2)16(18)12-5-7-13(8-6-12)24(20,21)22/h3-10H,1H2,2H3,(H,20,21,22)/p-1. The second kappa shape index (κ2) is 6.77. The topological polar surface area (TPSA) is 101 Å². The molecule has 24 heavy (non-hydrogen) atoms. The number of ketones is 1. The third kappa shape index (κ3) is 3.58. The molecule has 0 aliphatic heterocycles. The zero-order chi connectivity index (χ0) is 17.9. The van der Waals surface area contributed by atoms with Gasteiger partial charge in [0.1, 0.15) is 10.1 Å². The molecule has 6 nitrogen and oxygen atoms in total. The highest BCUT2D eigenvalue weighted by Crippen LogP contribution is 2.19. The number of methoxy groups -OCH3 is 1. The molecule has 0 amide bonds. The van der Waals surface area contributed by atoms with Crippen LogP contribution in [0, 0.1) is 0 Å². The smallest absolute Gasteiger partial charge is 0.338 e. The molecule has 0 bridgehead atoms. The molecule has 0 aliphatic rings. The lowest BCUT2D eigenvalue weighted by atomic mass is 9.96. The Labute approximate surface area is 139 Å². The van der Waals surface area contributed by atoms with Gasteiger partial charge in [-0.15, -0.1) is 0 Å². The van der Waals surface area contributed by atoms with E-state index < -0.39 is 26.8 Å². The van der Waals surface area contributed by atoms with Crippen LogP contribution in [0.2, 0.25) is 0 Å². The van der Waals surface area contributed by atoms with Crippen LogP contribution in [0.15, 0.2) is 53.9 Å². The molecule has 2 rings (SSSR count). The summed E-state index contributed by atoms with van der Waals surface area (Å²) in [4.78, 5) is 24.0. The van der Waals surface area contributed by atoms with Gasteiger partial charge in [0.05, 0.1) is 17.6 Å². The maximum atomic E-state index is 12.6. The van der Waals surface area contributed by atoms with Crippen molar-refractivity contribution in [1.29, 1.82) is 0 Å². The molecule has 0 saturated heterocycles. The Hall–Kier alpha value is -2.77.